The molecule has 0 aliphatic heterocycles. The Morgan fingerprint density at radius 3 is 2.24 bits per heavy atom. The lowest BCUT2D eigenvalue weighted by molar-refractivity contribution is 0.606. The van der Waals surface area contributed by atoms with Crippen LogP contribution in [0.5, 0.6) is 0 Å². The van der Waals surface area contributed by atoms with E-state index in [2.05, 4.69) is 4.98 Å². The summed E-state index contributed by atoms with van der Waals surface area (Å²) >= 11 is 5.74. The van der Waals surface area contributed by atoms with Crippen molar-refractivity contribution in [1.29, 1.82) is 0 Å². The molecule has 0 N–H and O–H groups in total. The third-order valence-electron chi connectivity index (χ3n) is 2.11. The summed E-state index contributed by atoms with van der Waals surface area (Å²) in [7, 11) is 1.31. The van der Waals surface area contributed by atoms with Gasteiger partial charge in [-0.2, -0.15) is 0 Å². The number of hydrogen-bond donors (Lipinski definition) is 0. The molecule has 1 aromatic carbocycles. The SMILES string of the molecule is O=S(=O)(Cl)c1nc(-c2ccccc2)ccc1Cl. The Labute approximate surface area is 108 Å². The van der Waals surface area contributed by atoms with Gasteiger partial charge in [-0.3, -0.25) is 0 Å². The molecule has 1 heterocycles. The largest absolute Gasteiger partial charge is 0.280 e. The Morgan fingerprint density at radius 2 is 1.65 bits per heavy atom. The van der Waals surface area contributed by atoms with Gasteiger partial charge in [0.2, 0.25) is 0 Å². The molecular formula is C11H7Cl2NO2S. The van der Waals surface area contributed by atoms with Crippen molar-refractivity contribution in [3.05, 3.63) is 47.5 Å². The van der Waals surface area contributed by atoms with Gasteiger partial charge in [-0.25, -0.2) is 13.4 Å². The second kappa shape index (κ2) is 4.64. The van der Waals surface area contributed by atoms with Gasteiger partial charge in [0.05, 0.1) is 10.7 Å². The molecule has 0 bridgehead atoms. The molecule has 0 unspecified atom stereocenters. The lowest BCUT2D eigenvalue weighted by Crippen LogP contribution is -1.97. The normalized spacial score (nSPS) is 11.4. The molecule has 6 heteroatoms. The fourth-order valence-corrected chi connectivity index (χ4v) is 2.75. The summed E-state index contributed by atoms with van der Waals surface area (Å²) in [6.07, 6.45) is 0. The van der Waals surface area contributed by atoms with E-state index in [-0.39, 0.29) is 10.0 Å². The molecule has 0 saturated carbocycles. The highest BCUT2D eigenvalue weighted by molar-refractivity contribution is 8.13. The number of benzene rings is 1. The van der Waals surface area contributed by atoms with Gasteiger partial charge in [0.1, 0.15) is 0 Å². The van der Waals surface area contributed by atoms with Crippen LogP contribution in [0.4, 0.5) is 0 Å². The highest BCUT2D eigenvalue weighted by Crippen LogP contribution is 2.26. The van der Waals surface area contributed by atoms with Crippen molar-refractivity contribution in [2.24, 2.45) is 0 Å². The molecule has 3 nitrogen and oxygen atoms in total. The van der Waals surface area contributed by atoms with E-state index in [1.165, 1.54) is 6.07 Å². The van der Waals surface area contributed by atoms with Crippen molar-refractivity contribution in [1.82, 2.24) is 4.98 Å². The van der Waals surface area contributed by atoms with E-state index in [9.17, 15) is 8.42 Å². The maximum atomic E-state index is 11.3. The summed E-state index contributed by atoms with van der Waals surface area (Å²) in [6.45, 7) is 0. The molecule has 2 aromatic rings. The van der Waals surface area contributed by atoms with E-state index in [0.717, 1.165) is 5.56 Å². The number of nitrogens with zero attached hydrogens (tertiary/aromatic N) is 1. The van der Waals surface area contributed by atoms with Gasteiger partial charge in [0.25, 0.3) is 9.05 Å². The predicted molar refractivity (Wildman–Crippen MR) is 67.7 cm³/mol. The number of rotatable bonds is 2. The molecule has 0 atom stereocenters. The Morgan fingerprint density at radius 1 is 1.00 bits per heavy atom. The molecule has 1 aromatic heterocycles. The zero-order valence-corrected chi connectivity index (χ0v) is 10.8. The molecule has 0 fully saturated rings. The van der Waals surface area contributed by atoms with Crippen LogP contribution in [0.25, 0.3) is 11.3 Å². The van der Waals surface area contributed by atoms with E-state index >= 15 is 0 Å². The monoisotopic (exact) mass is 287 g/mol. The Kier molecular flexibility index (Phi) is 3.38. The average Bonchev–Trinajstić information content (AvgIpc) is 2.29. The van der Waals surface area contributed by atoms with Gasteiger partial charge in [-0.05, 0) is 12.1 Å². The number of hydrogen-bond acceptors (Lipinski definition) is 3. The van der Waals surface area contributed by atoms with Crippen LogP contribution in [-0.2, 0) is 9.05 Å². The molecule has 88 valence electrons. The molecule has 2 rings (SSSR count). The first-order valence-corrected chi connectivity index (χ1v) is 7.34. The van der Waals surface area contributed by atoms with Crippen LogP contribution in [0.15, 0.2) is 47.5 Å². The maximum absolute atomic E-state index is 11.3. The molecule has 0 amide bonds. The van der Waals surface area contributed by atoms with Crippen molar-refractivity contribution < 1.29 is 8.42 Å². The molecule has 17 heavy (non-hydrogen) atoms. The standard InChI is InChI=1S/C11H7Cl2NO2S/c12-9-6-7-10(8-4-2-1-3-5-8)14-11(9)17(13,15)16/h1-7H. The number of pyridine rings is 1. The average molecular weight is 288 g/mol. The topological polar surface area (TPSA) is 47.0 Å². The predicted octanol–water partition coefficient (Wildman–Crippen LogP) is 3.33. The van der Waals surface area contributed by atoms with E-state index in [1.54, 1.807) is 6.07 Å². The van der Waals surface area contributed by atoms with Crippen LogP contribution in [0, 0.1) is 0 Å². The molecule has 0 saturated heterocycles. The zero-order valence-electron chi connectivity index (χ0n) is 8.47. The van der Waals surface area contributed by atoms with Crippen molar-refractivity contribution in [2.75, 3.05) is 0 Å². The number of halogens is 2. The van der Waals surface area contributed by atoms with Crippen LogP contribution in [0.3, 0.4) is 0 Å². The van der Waals surface area contributed by atoms with E-state index in [4.69, 9.17) is 22.3 Å². The van der Waals surface area contributed by atoms with E-state index < -0.39 is 9.05 Å². The fourth-order valence-electron chi connectivity index (χ4n) is 1.36. The van der Waals surface area contributed by atoms with Gasteiger partial charge in [0, 0.05) is 16.2 Å². The summed E-state index contributed by atoms with van der Waals surface area (Å²) in [5.74, 6) is 0. The van der Waals surface area contributed by atoms with Crippen molar-refractivity contribution in [3.63, 3.8) is 0 Å². The van der Waals surface area contributed by atoms with Crippen LogP contribution >= 0.6 is 22.3 Å². The first kappa shape index (κ1) is 12.4. The summed E-state index contributed by atoms with van der Waals surface area (Å²) in [5.41, 5.74) is 1.31. The summed E-state index contributed by atoms with van der Waals surface area (Å²) in [5, 5.41) is -0.304. The summed E-state index contributed by atoms with van der Waals surface area (Å²) in [4.78, 5) is 3.96. The molecule has 0 radical (unpaired) electrons. The smallest absolute Gasteiger partial charge is 0.234 e. The van der Waals surface area contributed by atoms with Crippen LogP contribution in [0.2, 0.25) is 5.02 Å². The van der Waals surface area contributed by atoms with E-state index in [0.29, 0.717) is 5.69 Å². The molecule has 0 aliphatic carbocycles. The summed E-state index contributed by atoms with van der Waals surface area (Å²) < 4.78 is 22.5. The first-order valence-electron chi connectivity index (χ1n) is 4.65. The zero-order chi connectivity index (χ0) is 12.5. The van der Waals surface area contributed by atoms with Crippen molar-refractivity contribution in [3.8, 4) is 11.3 Å². The quantitative estimate of drug-likeness (QED) is 0.796. The third-order valence-corrected chi connectivity index (χ3v) is 3.74. The highest BCUT2D eigenvalue weighted by atomic mass is 35.7. The lowest BCUT2D eigenvalue weighted by Gasteiger charge is -2.04. The Bertz CT molecular complexity index is 642. The minimum absolute atomic E-state index is 0.0136. The van der Waals surface area contributed by atoms with Crippen LogP contribution in [-0.4, -0.2) is 13.4 Å². The highest BCUT2D eigenvalue weighted by Gasteiger charge is 2.17. The maximum Gasteiger partial charge on any atom is 0.280 e. The fraction of sp³-hybridized carbons (Fsp3) is 0. The Hall–Kier alpha value is -1.10. The van der Waals surface area contributed by atoms with Gasteiger partial charge in [-0.1, -0.05) is 41.9 Å². The van der Waals surface area contributed by atoms with Gasteiger partial charge >= 0.3 is 0 Å². The number of aromatic nitrogens is 1. The van der Waals surface area contributed by atoms with Crippen LogP contribution in [0.1, 0.15) is 0 Å². The third kappa shape index (κ3) is 2.77. The minimum atomic E-state index is -3.93. The molecule has 0 aliphatic rings. The van der Waals surface area contributed by atoms with Gasteiger partial charge in [-0.15, -0.1) is 0 Å². The van der Waals surface area contributed by atoms with Gasteiger partial charge in [0.15, 0.2) is 5.03 Å². The molecule has 0 spiro atoms. The van der Waals surface area contributed by atoms with Crippen molar-refractivity contribution >= 4 is 31.3 Å². The van der Waals surface area contributed by atoms with Crippen LogP contribution < -0.4 is 0 Å². The minimum Gasteiger partial charge on any atom is -0.234 e. The Balaban J connectivity index is 2.61. The van der Waals surface area contributed by atoms with Crippen molar-refractivity contribution in [2.45, 2.75) is 5.03 Å². The lowest BCUT2D eigenvalue weighted by atomic mass is 10.1. The molecular weight excluding hydrogens is 281 g/mol. The summed E-state index contributed by atoms with van der Waals surface area (Å²) in [6, 6.07) is 12.3. The van der Waals surface area contributed by atoms with E-state index in [1.807, 2.05) is 30.3 Å². The first-order chi connectivity index (χ1) is 7.98. The second-order valence-electron chi connectivity index (χ2n) is 3.29. The second-order valence-corrected chi connectivity index (χ2v) is 6.18. The van der Waals surface area contributed by atoms with Gasteiger partial charge < -0.3 is 0 Å².